The molecule has 4 N–H and O–H groups in total. The molecule has 1 unspecified atom stereocenters. The highest BCUT2D eigenvalue weighted by molar-refractivity contribution is 5.97. The van der Waals surface area contributed by atoms with E-state index in [9.17, 15) is 18.8 Å². The average molecular weight is 373 g/mol. The molecule has 7 nitrogen and oxygen atoms in total. The Kier molecular flexibility index (Phi) is 7.01. The summed E-state index contributed by atoms with van der Waals surface area (Å²) >= 11 is 0. The van der Waals surface area contributed by atoms with Crippen LogP contribution < -0.4 is 20.9 Å². The molecule has 2 aromatic rings. The van der Waals surface area contributed by atoms with Gasteiger partial charge in [-0.15, -0.1) is 0 Å². The van der Waals surface area contributed by atoms with Crippen molar-refractivity contribution >= 4 is 23.5 Å². The molecular weight excluding hydrogens is 351 g/mol. The summed E-state index contributed by atoms with van der Waals surface area (Å²) < 4.78 is 13.2. The van der Waals surface area contributed by atoms with E-state index in [1.54, 1.807) is 37.4 Å². The van der Waals surface area contributed by atoms with Gasteiger partial charge in [0.2, 0.25) is 0 Å². The Morgan fingerprint density at radius 2 is 1.78 bits per heavy atom. The van der Waals surface area contributed by atoms with E-state index in [0.29, 0.717) is 16.2 Å². The molecule has 0 radical (unpaired) electrons. The van der Waals surface area contributed by atoms with E-state index in [1.165, 1.54) is 25.2 Å². The molecule has 0 aliphatic heterocycles. The number of carbonyl (C=O) groups is 3. The van der Waals surface area contributed by atoms with Gasteiger partial charge in [-0.3, -0.25) is 14.9 Å². The van der Waals surface area contributed by atoms with Gasteiger partial charge in [-0.25, -0.2) is 9.18 Å². The first-order valence-electron chi connectivity index (χ1n) is 8.36. The number of anilines is 1. The molecule has 4 amide bonds. The van der Waals surface area contributed by atoms with E-state index in [1.807, 2.05) is 6.07 Å². The van der Waals surface area contributed by atoms with Crippen molar-refractivity contribution in [3.8, 4) is 0 Å². The van der Waals surface area contributed by atoms with Crippen molar-refractivity contribution in [1.82, 2.24) is 10.6 Å². The van der Waals surface area contributed by atoms with Gasteiger partial charge in [-0.1, -0.05) is 36.4 Å². The maximum Gasteiger partial charge on any atom is 0.321 e. The number of rotatable bonds is 6. The van der Waals surface area contributed by atoms with Crippen LogP contribution in [0.2, 0.25) is 0 Å². The summed E-state index contributed by atoms with van der Waals surface area (Å²) in [6.45, 7) is -0.0583. The number of nitrogens with one attached hydrogen (secondary N) is 4. The predicted octanol–water partition coefficient (Wildman–Crippen LogP) is 0.476. The van der Waals surface area contributed by atoms with Gasteiger partial charge >= 0.3 is 6.03 Å². The molecule has 0 heterocycles. The van der Waals surface area contributed by atoms with Crippen LogP contribution in [0.1, 0.15) is 11.6 Å². The van der Waals surface area contributed by atoms with E-state index < -0.39 is 23.8 Å². The molecule has 2 atom stereocenters. The monoisotopic (exact) mass is 373 g/mol. The Morgan fingerprint density at radius 3 is 2.41 bits per heavy atom. The van der Waals surface area contributed by atoms with Crippen LogP contribution in [0.4, 0.5) is 14.9 Å². The van der Waals surface area contributed by atoms with Crippen molar-refractivity contribution in [2.24, 2.45) is 0 Å². The van der Waals surface area contributed by atoms with Crippen LogP contribution in [0, 0.1) is 5.82 Å². The Labute approximate surface area is 156 Å². The molecule has 0 aliphatic rings. The van der Waals surface area contributed by atoms with Gasteiger partial charge < -0.3 is 15.5 Å². The molecule has 0 saturated carbocycles. The number of carbonyl (C=O) groups excluding carboxylic acids is 3. The number of imide groups is 1. The van der Waals surface area contributed by atoms with Crippen LogP contribution in [0.5, 0.6) is 0 Å². The fourth-order valence-electron chi connectivity index (χ4n) is 2.68. The molecule has 8 heteroatoms. The van der Waals surface area contributed by atoms with E-state index >= 15 is 0 Å². The second kappa shape index (κ2) is 9.44. The summed E-state index contributed by atoms with van der Waals surface area (Å²) in [6.07, 6.45) is 0. The zero-order valence-corrected chi connectivity index (χ0v) is 15.1. The normalized spacial score (nSPS) is 12.6. The van der Waals surface area contributed by atoms with Gasteiger partial charge in [-0.05, 0) is 18.2 Å². The smallest absolute Gasteiger partial charge is 0.321 e. The molecule has 0 fully saturated rings. The third-order valence-corrected chi connectivity index (χ3v) is 3.90. The van der Waals surface area contributed by atoms with Crippen molar-refractivity contribution in [3.05, 3.63) is 66.0 Å². The molecular formula is C19H22FN4O3+. The highest BCUT2D eigenvalue weighted by atomic mass is 19.1. The summed E-state index contributed by atoms with van der Waals surface area (Å²) in [5.74, 6) is -1.37. The van der Waals surface area contributed by atoms with Gasteiger partial charge in [0, 0.05) is 18.3 Å². The number of urea groups is 1. The van der Waals surface area contributed by atoms with Crippen molar-refractivity contribution in [2.75, 3.05) is 26.0 Å². The van der Waals surface area contributed by atoms with Crippen LogP contribution in [-0.2, 0) is 9.59 Å². The van der Waals surface area contributed by atoms with E-state index in [2.05, 4.69) is 16.0 Å². The number of amides is 4. The Morgan fingerprint density at radius 1 is 1.07 bits per heavy atom. The molecule has 2 rings (SSSR count). The number of likely N-dealkylation sites (N-methyl/N-ethyl adjacent to an activating group) is 1. The van der Waals surface area contributed by atoms with Crippen LogP contribution >= 0.6 is 0 Å². The molecule has 0 bridgehead atoms. The lowest BCUT2D eigenvalue weighted by Gasteiger charge is -2.24. The summed E-state index contributed by atoms with van der Waals surface area (Å²) in [7, 11) is 3.08. The predicted molar refractivity (Wildman–Crippen MR) is 98.6 cm³/mol. The lowest BCUT2D eigenvalue weighted by molar-refractivity contribution is -0.894. The maximum absolute atomic E-state index is 13.2. The molecule has 0 aromatic heterocycles. The fraction of sp³-hybridized carbons (Fsp3) is 0.211. The summed E-state index contributed by atoms with van der Waals surface area (Å²) in [6, 6.07) is 13.0. The lowest BCUT2D eigenvalue weighted by Crippen LogP contribution is -3.11. The molecule has 2 aromatic carbocycles. The number of halogens is 1. The minimum atomic E-state index is -0.776. The number of quaternary nitrogens is 1. The summed E-state index contributed by atoms with van der Waals surface area (Å²) in [5, 5.41) is 7.17. The molecule has 0 spiro atoms. The van der Waals surface area contributed by atoms with Crippen molar-refractivity contribution < 1.29 is 23.7 Å². The fourth-order valence-corrected chi connectivity index (χ4v) is 2.68. The molecule has 0 saturated heterocycles. The molecule has 142 valence electrons. The van der Waals surface area contributed by atoms with Crippen LogP contribution in [-0.4, -0.2) is 38.5 Å². The largest absolute Gasteiger partial charge is 0.341 e. The highest BCUT2D eigenvalue weighted by Gasteiger charge is 2.31. The highest BCUT2D eigenvalue weighted by Crippen LogP contribution is 2.10. The first kappa shape index (κ1) is 20.1. The van der Waals surface area contributed by atoms with E-state index in [0.717, 1.165) is 0 Å². The van der Waals surface area contributed by atoms with Gasteiger partial charge in [0.15, 0.2) is 12.6 Å². The Balaban J connectivity index is 2.13. The number of benzene rings is 2. The first-order valence-corrected chi connectivity index (χ1v) is 8.36. The van der Waals surface area contributed by atoms with E-state index in [-0.39, 0.29) is 12.5 Å². The quantitative estimate of drug-likeness (QED) is 0.593. The minimum absolute atomic E-state index is 0.0583. The molecule has 27 heavy (non-hydrogen) atoms. The van der Waals surface area contributed by atoms with Crippen molar-refractivity contribution in [2.45, 2.75) is 6.04 Å². The zero-order valence-electron chi connectivity index (χ0n) is 15.1. The van der Waals surface area contributed by atoms with Crippen LogP contribution in [0.25, 0.3) is 0 Å². The summed E-state index contributed by atoms with van der Waals surface area (Å²) in [4.78, 5) is 36.9. The van der Waals surface area contributed by atoms with Gasteiger partial charge in [-0.2, -0.15) is 0 Å². The second-order valence-corrected chi connectivity index (χ2v) is 5.99. The zero-order chi connectivity index (χ0) is 19.8. The van der Waals surface area contributed by atoms with Gasteiger partial charge in [0.25, 0.3) is 11.8 Å². The van der Waals surface area contributed by atoms with Crippen molar-refractivity contribution in [1.29, 1.82) is 0 Å². The first-order chi connectivity index (χ1) is 12.9. The minimum Gasteiger partial charge on any atom is -0.341 e. The van der Waals surface area contributed by atoms with Gasteiger partial charge in [0.05, 0.1) is 7.05 Å². The number of hydrogen-bond acceptors (Lipinski definition) is 3. The summed E-state index contributed by atoms with van der Waals surface area (Å²) in [5.41, 5.74) is 0.994. The molecule has 0 aliphatic carbocycles. The third-order valence-electron chi connectivity index (χ3n) is 3.90. The Bertz CT molecular complexity index is 814. The van der Waals surface area contributed by atoms with Crippen molar-refractivity contribution in [3.63, 3.8) is 0 Å². The standard InChI is InChI=1S/C19H21FN4O3/c1-21-19(27)23-18(26)17(13-7-4-3-5-8-13)24(2)12-16(25)22-15-10-6-9-14(20)11-15/h3-11,17H,12H2,1-2H3,(H,22,25)(H2,21,23,26,27)/p+1/t17-/m0/s1. The third kappa shape index (κ3) is 5.89. The van der Waals surface area contributed by atoms with Crippen LogP contribution in [0.15, 0.2) is 54.6 Å². The van der Waals surface area contributed by atoms with E-state index in [4.69, 9.17) is 0 Å². The lowest BCUT2D eigenvalue weighted by atomic mass is 10.0. The Hall–Kier alpha value is -3.26. The van der Waals surface area contributed by atoms with Crippen LogP contribution in [0.3, 0.4) is 0 Å². The second-order valence-electron chi connectivity index (χ2n) is 5.99. The number of hydrogen-bond donors (Lipinski definition) is 4. The SMILES string of the molecule is CNC(=O)NC(=O)[C@H](c1ccccc1)[NH+](C)CC(=O)Nc1cccc(F)c1. The maximum atomic E-state index is 13.2. The average Bonchev–Trinajstić information content (AvgIpc) is 2.62. The van der Waals surface area contributed by atoms with Gasteiger partial charge in [0.1, 0.15) is 5.82 Å². The topological polar surface area (TPSA) is 91.7 Å².